The van der Waals surface area contributed by atoms with Crippen molar-refractivity contribution in [3.8, 4) is 16.5 Å². The number of methoxy groups -OCH3 is 1. The van der Waals surface area contributed by atoms with Crippen molar-refractivity contribution in [2.75, 3.05) is 25.1 Å². The van der Waals surface area contributed by atoms with Crippen LogP contribution in [0.5, 0.6) is 5.75 Å². The topological polar surface area (TPSA) is 50.5 Å². The fraction of sp³-hybridized carbons (Fsp3) is 0.350. The smallest absolute Gasteiger partial charge is 0.162 e. The molecule has 0 radical (unpaired) electrons. The summed E-state index contributed by atoms with van der Waals surface area (Å²) in [6.07, 6.45) is 5.88. The molecule has 4 rings (SSSR count). The standard InChI is InChI=1S/C20H23N3O2S/c1-24-18-6-3-2-5-17(18)23-10-8-15(9-11-23)21-13-16-14-22-20(26-16)19-7-4-12-25-19/h2-7,12,14-15,21H,8-11,13H2,1H3. The number of para-hydroxylation sites is 2. The van der Waals surface area contributed by atoms with Gasteiger partial charge in [-0.2, -0.15) is 0 Å². The Morgan fingerprint density at radius 2 is 2.08 bits per heavy atom. The summed E-state index contributed by atoms with van der Waals surface area (Å²) in [5.41, 5.74) is 1.19. The molecular weight excluding hydrogens is 346 g/mol. The fourth-order valence-electron chi connectivity index (χ4n) is 3.36. The lowest BCUT2D eigenvalue weighted by Crippen LogP contribution is -2.42. The number of hydrogen-bond donors (Lipinski definition) is 1. The van der Waals surface area contributed by atoms with Gasteiger partial charge in [-0.25, -0.2) is 4.98 Å². The summed E-state index contributed by atoms with van der Waals surface area (Å²) in [5.74, 6) is 1.79. The van der Waals surface area contributed by atoms with Gasteiger partial charge in [0.1, 0.15) is 5.75 Å². The number of nitrogens with one attached hydrogen (secondary N) is 1. The van der Waals surface area contributed by atoms with E-state index in [-0.39, 0.29) is 0 Å². The average molecular weight is 369 g/mol. The summed E-state index contributed by atoms with van der Waals surface area (Å²) in [5, 5.41) is 4.62. The van der Waals surface area contributed by atoms with Gasteiger partial charge in [0.25, 0.3) is 0 Å². The van der Waals surface area contributed by atoms with Crippen molar-refractivity contribution in [3.05, 3.63) is 53.7 Å². The van der Waals surface area contributed by atoms with E-state index >= 15 is 0 Å². The normalized spacial score (nSPS) is 15.3. The highest BCUT2D eigenvalue weighted by Gasteiger charge is 2.21. The molecule has 136 valence electrons. The molecule has 1 fully saturated rings. The van der Waals surface area contributed by atoms with Crippen molar-refractivity contribution in [3.63, 3.8) is 0 Å². The molecule has 1 aliphatic heterocycles. The lowest BCUT2D eigenvalue weighted by molar-refractivity contribution is 0.398. The summed E-state index contributed by atoms with van der Waals surface area (Å²) in [6, 6.07) is 12.6. The predicted octanol–water partition coefficient (Wildman–Crippen LogP) is 4.17. The van der Waals surface area contributed by atoms with Crippen LogP contribution in [0.4, 0.5) is 5.69 Å². The van der Waals surface area contributed by atoms with Crippen LogP contribution in [0.15, 0.2) is 53.3 Å². The number of piperidine rings is 1. The van der Waals surface area contributed by atoms with Crippen LogP contribution >= 0.6 is 11.3 Å². The third-order valence-corrected chi connectivity index (χ3v) is 5.78. The van der Waals surface area contributed by atoms with Crippen molar-refractivity contribution in [1.82, 2.24) is 10.3 Å². The van der Waals surface area contributed by atoms with Crippen LogP contribution < -0.4 is 15.0 Å². The minimum Gasteiger partial charge on any atom is -0.495 e. The summed E-state index contributed by atoms with van der Waals surface area (Å²) >= 11 is 1.69. The van der Waals surface area contributed by atoms with Crippen molar-refractivity contribution < 1.29 is 9.15 Å². The van der Waals surface area contributed by atoms with Gasteiger partial charge in [0.15, 0.2) is 10.8 Å². The molecule has 5 nitrogen and oxygen atoms in total. The molecule has 0 bridgehead atoms. The Labute approximate surface area is 157 Å². The number of rotatable bonds is 6. The van der Waals surface area contributed by atoms with Gasteiger partial charge in [-0.05, 0) is 37.1 Å². The first kappa shape index (κ1) is 17.1. The van der Waals surface area contributed by atoms with Gasteiger partial charge < -0.3 is 19.4 Å². The Balaban J connectivity index is 1.29. The van der Waals surface area contributed by atoms with Crippen LogP contribution in [0.3, 0.4) is 0 Å². The highest BCUT2D eigenvalue weighted by atomic mass is 32.1. The maximum Gasteiger partial charge on any atom is 0.162 e. The van der Waals surface area contributed by atoms with E-state index in [1.165, 1.54) is 10.6 Å². The van der Waals surface area contributed by atoms with Crippen LogP contribution in [0.1, 0.15) is 17.7 Å². The zero-order valence-electron chi connectivity index (χ0n) is 14.9. The minimum absolute atomic E-state index is 0.537. The molecule has 0 unspecified atom stereocenters. The van der Waals surface area contributed by atoms with E-state index < -0.39 is 0 Å². The maximum absolute atomic E-state index is 5.49. The molecule has 1 N–H and O–H groups in total. The molecule has 3 heterocycles. The molecule has 2 aromatic heterocycles. The summed E-state index contributed by atoms with van der Waals surface area (Å²) in [7, 11) is 1.74. The van der Waals surface area contributed by atoms with E-state index in [0.717, 1.165) is 49.0 Å². The van der Waals surface area contributed by atoms with E-state index in [1.807, 2.05) is 30.5 Å². The first-order valence-corrected chi connectivity index (χ1v) is 9.75. The second-order valence-electron chi connectivity index (χ2n) is 6.42. The van der Waals surface area contributed by atoms with Gasteiger partial charge in [0.05, 0.1) is 19.1 Å². The quantitative estimate of drug-likeness (QED) is 0.707. The highest BCUT2D eigenvalue weighted by molar-refractivity contribution is 7.14. The Hall–Kier alpha value is -2.31. The molecule has 0 amide bonds. The molecule has 1 saturated heterocycles. The maximum atomic E-state index is 5.49. The largest absolute Gasteiger partial charge is 0.495 e. The highest BCUT2D eigenvalue weighted by Crippen LogP contribution is 2.30. The Bertz CT molecular complexity index is 823. The van der Waals surface area contributed by atoms with Gasteiger partial charge in [-0.1, -0.05) is 12.1 Å². The average Bonchev–Trinajstić information content (AvgIpc) is 3.38. The van der Waals surface area contributed by atoms with E-state index in [2.05, 4.69) is 27.3 Å². The Morgan fingerprint density at radius 3 is 2.85 bits per heavy atom. The molecule has 1 aliphatic rings. The van der Waals surface area contributed by atoms with Crippen molar-refractivity contribution in [2.24, 2.45) is 0 Å². The molecule has 0 saturated carbocycles. The van der Waals surface area contributed by atoms with Crippen LogP contribution in [0.2, 0.25) is 0 Å². The summed E-state index contributed by atoms with van der Waals surface area (Å²) < 4.78 is 10.9. The van der Waals surface area contributed by atoms with Crippen molar-refractivity contribution in [2.45, 2.75) is 25.4 Å². The fourth-order valence-corrected chi connectivity index (χ4v) is 4.20. The third kappa shape index (κ3) is 3.76. The SMILES string of the molecule is COc1ccccc1N1CCC(NCc2cnc(-c3ccco3)s2)CC1. The zero-order valence-corrected chi connectivity index (χ0v) is 15.7. The monoisotopic (exact) mass is 369 g/mol. The molecule has 26 heavy (non-hydrogen) atoms. The number of ether oxygens (including phenoxy) is 1. The van der Waals surface area contributed by atoms with Crippen LogP contribution in [-0.2, 0) is 6.54 Å². The number of hydrogen-bond acceptors (Lipinski definition) is 6. The van der Waals surface area contributed by atoms with Crippen LogP contribution in [-0.4, -0.2) is 31.2 Å². The van der Waals surface area contributed by atoms with Gasteiger partial charge in [0.2, 0.25) is 0 Å². The molecule has 0 aliphatic carbocycles. The Kier molecular flexibility index (Phi) is 5.22. The van der Waals surface area contributed by atoms with Gasteiger partial charge >= 0.3 is 0 Å². The molecule has 6 heteroatoms. The summed E-state index contributed by atoms with van der Waals surface area (Å²) in [6.45, 7) is 2.94. The van der Waals surface area contributed by atoms with Gasteiger partial charge in [0, 0.05) is 36.8 Å². The Morgan fingerprint density at radius 1 is 1.23 bits per heavy atom. The van der Waals surface area contributed by atoms with Crippen molar-refractivity contribution >= 4 is 17.0 Å². The lowest BCUT2D eigenvalue weighted by atomic mass is 10.0. The molecule has 0 spiro atoms. The molecule has 3 aromatic rings. The first-order chi connectivity index (χ1) is 12.8. The van der Waals surface area contributed by atoms with E-state index in [4.69, 9.17) is 9.15 Å². The molecular formula is C20H23N3O2S. The van der Waals surface area contributed by atoms with Gasteiger partial charge in [-0.3, -0.25) is 0 Å². The number of anilines is 1. The summed E-state index contributed by atoms with van der Waals surface area (Å²) in [4.78, 5) is 8.11. The van der Waals surface area contributed by atoms with E-state index in [9.17, 15) is 0 Å². The second kappa shape index (κ2) is 7.93. The van der Waals surface area contributed by atoms with E-state index in [0.29, 0.717) is 6.04 Å². The number of benzene rings is 1. The van der Waals surface area contributed by atoms with E-state index in [1.54, 1.807) is 24.7 Å². The van der Waals surface area contributed by atoms with Crippen LogP contribution in [0, 0.1) is 0 Å². The number of furan rings is 1. The van der Waals surface area contributed by atoms with Gasteiger partial charge in [-0.15, -0.1) is 11.3 Å². The lowest BCUT2D eigenvalue weighted by Gasteiger charge is -2.34. The van der Waals surface area contributed by atoms with Crippen LogP contribution in [0.25, 0.3) is 10.8 Å². The zero-order chi connectivity index (χ0) is 17.8. The third-order valence-electron chi connectivity index (χ3n) is 4.77. The van der Waals surface area contributed by atoms with Crippen molar-refractivity contribution in [1.29, 1.82) is 0 Å². The first-order valence-electron chi connectivity index (χ1n) is 8.93. The number of aromatic nitrogens is 1. The minimum atomic E-state index is 0.537. The number of thiazole rings is 1. The number of nitrogens with zero attached hydrogens (tertiary/aromatic N) is 2. The second-order valence-corrected chi connectivity index (χ2v) is 7.54. The predicted molar refractivity (Wildman–Crippen MR) is 105 cm³/mol. The molecule has 1 aromatic carbocycles. The molecule has 0 atom stereocenters.